The highest BCUT2D eigenvalue weighted by Gasteiger charge is 2.17. The summed E-state index contributed by atoms with van der Waals surface area (Å²) >= 11 is 1.59. The molecule has 0 saturated carbocycles. The van der Waals surface area contributed by atoms with Crippen molar-refractivity contribution in [2.75, 3.05) is 13.7 Å². The van der Waals surface area contributed by atoms with Crippen molar-refractivity contribution < 1.29 is 13.9 Å². The van der Waals surface area contributed by atoms with Crippen molar-refractivity contribution in [2.45, 2.75) is 26.4 Å². The zero-order valence-corrected chi connectivity index (χ0v) is 13.1. The number of amides is 2. The molecular formula is C14H19N3O3S. The number of thiazole rings is 1. The second-order valence-corrected chi connectivity index (χ2v) is 5.88. The number of aryl methyl sites for hydroxylation is 2. The van der Waals surface area contributed by atoms with E-state index in [1.54, 1.807) is 36.8 Å². The van der Waals surface area contributed by atoms with E-state index >= 15 is 0 Å². The number of methoxy groups -OCH3 is 1. The van der Waals surface area contributed by atoms with Gasteiger partial charge in [-0.15, -0.1) is 11.3 Å². The zero-order valence-electron chi connectivity index (χ0n) is 12.3. The van der Waals surface area contributed by atoms with E-state index in [1.807, 2.05) is 13.8 Å². The molecule has 6 nitrogen and oxygen atoms in total. The molecule has 0 unspecified atom stereocenters. The molecule has 2 aromatic heterocycles. The third-order valence-electron chi connectivity index (χ3n) is 2.93. The van der Waals surface area contributed by atoms with E-state index in [0.29, 0.717) is 18.9 Å². The lowest BCUT2D eigenvalue weighted by atomic mass is 10.2. The van der Waals surface area contributed by atoms with Gasteiger partial charge in [0.05, 0.1) is 30.1 Å². The van der Waals surface area contributed by atoms with Gasteiger partial charge in [0.1, 0.15) is 11.8 Å². The molecule has 2 rings (SSSR count). The van der Waals surface area contributed by atoms with Gasteiger partial charge in [0.25, 0.3) is 0 Å². The molecular weight excluding hydrogens is 290 g/mol. The lowest BCUT2D eigenvalue weighted by Gasteiger charge is -2.16. The monoisotopic (exact) mass is 309 g/mol. The number of furan rings is 1. The number of nitrogens with one attached hydrogen (secondary N) is 2. The van der Waals surface area contributed by atoms with Crippen LogP contribution in [0.5, 0.6) is 0 Å². The summed E-state index contributed by atoms with van der Waals surface area (Å²) in [7, 11) is 1.58. The molecule has 1 atom stereocenters. The van der Waals surface area contributed by atoms with E-state index in [9.17, 15) is 4.79 Å². The molecule has 114 valence electrons. The Kier molecular flexibility index (Phi) is 5.35. The molecule has 2 amide bonds. The van der Waals surface area contributed by atoms with Gasteiger partial charge in [0.15, 0.2) is 0 Å². The van der Waals surface area contributed by atoms with E-state index in [2.05, 4.69) is 15.6 Å². The van der Waals surface area contributed by atoms with E-state index in [1.165, 1.54) is 0 Å². The Labute approximate surface area is 127 Å². The zero-order chi connectivity index (χ0) is 15.2. The van der Waals surface area contributed by atoms with Gasteiger partial charge in [-0.25, -0.2) is 9.78 Å². The van der Waals surface area contributed by atoms with Crippen LogP contribution in [-0.4, -0.2) is 24.7 Å². The molecule has 0 bridgehead atoms. The van der Waals surface area contributed by atoms with Crippen LogP contribution in [0.1, 0.15) is 27.4 Å². The van der Waals surface area contributed by atoms with Crippen molar-refractivity contribution >= 4 is 17.4 Å². The molecule has 2 N–H and O–H groups in total. The number of nitrogens with zero attached hydrogens (tertiary/aromatic N) is 1. The standard InChI is InChI=1S/C14H19N3O3S/c1-9-13(21-10(2)16-9)7-15-14(18)17-11(8-19-3)12-5-4-6-20-12/h4-6,11H,7-8H2,1-3H3,(H2,15,17,18)/t11-/m0/s1. The van der Waals surface area contributed by atoms with Crippen molar-refractivity contribution in [1.29, 1.82) is 0 Å². The maximum atomic E-state index is 12.0. The number of rotatable bonds is 6. The Morgan fingerprint density at radius 2 is 2.33 bits per heavy atom. The van der Waals surface area contributed by atoms with Crippen LogP contribution in [0, 0.1) is 13.8 Å². The van der Waals surface area contributed by atoms with Crippen molar-refractivity contribution in [3.8, 4) is 0 Å². The third kappa shape index (κ3) is 4.30. The lowest BCUT2D eigenvalue weighted by molar-refractivity contribution is 0.157. The minimum Gasteiger partial charge on any atom is -0.467 e. The second kappa shape index (κ2) is 7.24. The molecule has 7 heteroatoms. The quantitative estimate of drug-likeness (QED) is 0.859. The Hall–Kier alpha value is -1.86. The van der Waals surface area contributed by atoms with Gasteiger partial charge in [-0.1, -0.05) is 0 Å². The predicted octanol–water partition coefficient (Wildman–Crippen LogP) is 2.54. The van der Waals surface area contributed by atoms with Crippen LogP contribution in [0.2, 0.25) is 0 Å². The van der Waals surface area contributed by atoms with Crippen molar-refractivity contribution in [1.82, 2.24) is 15.6 Å². The predicted molar refractivity (Wildman–Crippen MR) is 80.3 cm³/mol. The highest BCUT2D eigenvalue weighted by Crippen LogP contribution is 2.17. The van der Waals surface area contributed by atoms with Gasteiger partial charge in [-0.3, -0.25) is 0 Å². The summed E-state index contributed by atoms with van der Waals surface area (Å²) in [6.45, 7) is 4.70. The average molecular weight is 309 g/mol. The molecule has 0 radical (unpaired) electrons. The van der Waals surface area contributed by atoms with Gasteiger partial charge in [0, 0.05) is 12.0 Å². The van der Waals surface area contributed by atoms with Crippen molar-refractivity contribution in [3.05, 3.63) is 39.7 Å². The third-order valence-corrected chi connectivity index (χ3v) is 4.01. The summed E-state index contributed by atoms with van der Waals surface area (Å²) < 4.78 is 10.4. The molecule has 0 fully saturated rings. The van der Waals surface area contributed by atoms with Crippen molar-refractivity contribution in [3.63, 3.8) is 0 Å². The number of hydrogen-bond acceptors (Lipinski definition) is 5. The summed E-state index contributed by atoms with van der Waals surface area (Å²) in [5.41, 5.74) is 0.956. The van der Waals surface area contributed by atoms with E-state index in [-0.39, 0.29) is 12.1 Å². The minimum absolute atomic E-state index is 0.265. The van der Waals surface area contributed by atoms with Gasteiger partial charge in [0.2, 0.25) is 0 Å². The van der Waals surface area contributed by atoms with E-state index in [0.717, 1.165) is 15.6 Å². The summed E-state index contributed by atoms with van der Waals surface area (Å²) in [5.74, 6) is 0.664. The normalized spacial score (nSPS) is 12.1. The number of hydrogen-bond donors (Lipinski definition) is 2. The summed E-state index contributed by atoms with van der Waals surface area (Å²) in [6.07, 6.45) is 1.57. The Balaban J connectivity index is 1.89. The van der Waals surface area contributed by atoms with Gasteiger partial charge >= 0.3 is 6.03 Å². The Morgan fingerprint density at radius 1 is 1.52 bits per heavy atom. The summed E-state index contributed by atoms with van der Waals surface area (Å²) in [5, 5.41) is 6.66. The Morgan fingerprint density at radius 3 is 2.90 bits per heavy atom. The van der Waals surface area contributed by atoms with E-state index < -0.39 is 0 Å². The van der Waals surface area contributed by atoms with Crippen LogP contribution in [-0.2, 0) is 11.3 Å². The first-order chi connectivity index (χ1) is 10.1. The molecule has 0 spiro atoms. The van der Waals surface area contributed by atoms with Gasteiger partial charge < -0.3 is 19.8 Å². The maximum absolute atomic E-state index is 12.0. The van der Waals surface area contributed by atoms with Crippen LogP contribution < -0.4 is 10.6 Å². The average Bonchev–Trinajstić information content (AvgIpc) is 3.06. The molecule has 0 saturated heterocycles. The number of carbonyl (C=O) groups excluding carboxylic acids is 1. The van der Waals surface area contributed by atoms with E-state index in [4.69, 9.17) is 9.15 Å². The molecule has 0 aliphatic rings. The SMILES string of the molecule is COC[C@H](NC(=O)NCc1sc(C)nc1C)c1ccco1. The molecule has 0 aliphatic heterocycles. The first-order valence-corrected chi connectivity index (χ1v) is 7.41. The fourth-order valence-electron chi connectivity index (χ4n) is 1.96. The topological polar surface area (TPSA) is 76.4 Å². The maximum Gasteiger partial charge on any atom is 0.315 e. The van der Waals surface area contributed by atoms with Crippen LogP contribution in [0.3, 0.4) is 0 Å². The largest absolute Gasteiger partial charge is 0.467 e. The van der Waals surface area contributed by atoms with Gasteiger partial charge in [-0.2, -0.15) is 0 Å². The highest BCUT2D eigenvalue weighted by molar-refractivity contribution is 7.11. The lowest BCUT2D eigenvalue weighted by Crippen LogP contribution is -2.39. The minimum atomic E-state index is -0.311. The first-order valence-electron chi connectivity index (χ1n) is 6.59. The number of carbonyl (C=O) groups is 1. The first kappa shape index (κ1) is 15.5. The number of ether oxygens (including phenoxy) is 1. The Bertz CT molecular complexity index is 580. The number of aromatic nitrogens is 1. The van der Waals surface area contributed by atoms with Crippen LogP contribution in [0.15, 0.2) is 22.8 Å². The molecule has 0 aliphatic carbocycles. The summed E-state index contributed by atoms with van der Waals surface area (Å²) in [6, 6.07) is 3.01. The molecule has 21 heavy (non-hydrogen) atoms. The number of urea groups is 1. The molecule has 2 heterocycles. The molecule has 2 aromatic rings. The highest BCUT2D eigenvalue weighted by atomic mass is 32.1. The van der Waals surface area contributed by atoms with Crippen LogP contribution in [0.25, 0.3) is 0 Å². The smallest absolute Gasteiger partial charge is 0.315 e. The summed E-state index contributed by atoms with van der Waals surface area (Å²) in [4.78, 5) is 17.4. The van der Waals surface area contributed by atoms with Crippen LogP contribution >= 0.6 is 11.3 Å². The van der Waals surface area contributed by atoms with Crippen molar-refractivity contribution in [2.24, 2.45) is 0 Å². The van der Waals surface area contributed by atoms with Crippen LogP contribution in [0.4, 0.5) is 4.79 Å². The second-order valence-electron chi connectivity index (χ2n) is 4.59. The molecule has 0 aromatic carbocycles. The van der Waals surface area contributed by atoms with Gasteiger partial charge in [-0.05, 0) is 26.0 Å². The fourth-order valence-corrected chi connectivity index (χ4v) is 2.84. The fraction of sp³-hybridized carbons (Fsp3) is 0.429.